The van der Waals surface area contributed by atoms with Gasteiger partial charge in [0.1, 0.15) is 12.1 Å². The molecule has 0 unspecified atom stereocenters. The van der Waals surface area contributed by atoms with Crippen molar-refractivity contribution in [3.63, 3.8) is 0 Å². The van der Waals surface area contributed by atoms with Crippen molar-refractivity contribution in [3.8, 4) is 17.3 Å². The highest BCUT2D eigenvalue weighted by Gasteiger charge is 2.11. The molecule has 2 aromatic heterocycles. The van der Waals surface area contributed by atoms with Crippen molar-refractivity contribution >= 4 is 5.91 Å². The lowest BCUT2D eigenvalue weighted by Gasteiger charge is -2.13. The van der Waals surface area contributed by atoms with E-state index in [1.165, 1.54) is 0 Å². The molecular formula is C22H26N4O3. The fourth-order valence-corrected chi connectivity index (χ4v) is 2.69. The number of imidazole rings is 1. The Balaban J connectivity index is 1.58. The maximum atomic E-state index is 12.5. The lowest BCUT2D eigenvalue weighted by Crippen LogP contribution is -2.23. The van der Waals surface area contributed by atoms with Gasteiger partial charge in [-0.2, -0.15) is 0 Å². The third-order valence-corrected chi connectivity index (χ3v) is 4.41. The topological polar surface area (TPSA) is 78.3 Å². The molecule has 0 aliphatic rings. The Bertz CT molecular complexity index is 922. The minimum atomic E-state index is -0.185. The second-order valence-electron chi connectivity index (χ2n) is 7.07. The van der Waals surface area contributed by atoms with Gasteiger partial charge in [-0.1, -0.05) is 19.9 Å². The number of amides is 1. The van der Waals surface area contributed by atoms with Crippen molar-refractivity contribution in [1.29, 1.82) is 0 Å². The molecule has 0 saturated heterocycles. The van der Waals surface area contributed by atoms with Crippen LogP contribution in [0, 0.1) is 5.92 Å². The lowest BCUT2D eigenvalue weighted by molar-refractivity contribution is 0.0950. The summed E-state index contributed by atoms with van der Waals surface area (Å²) in [5.41, 5.74) is 1.42. The van der Waals surface area contributed by atoms with E-state index in [1.54, 1.807) is 44.0 Å². The molecule has 2 heterocycles. The van der Waals surface area contributed by atoms with Gasteiger partial charge in [0.2, 0.25) is 0 Å². The first kappa shape index (κ1) is 20.4. The largest absolute Gasteiger partial charge is 0.493 e. The number of hydrogen-bond donors (Lipinski definition) is 1. The highest BCUT2D eigenvalue weighted by molar-refractivity contribution is 5.94. The first-order chi connectivity index (χ1) is 14.1. The van der Waals surface area contributed by atoms with Crippen LogP contribution in [0.1, 0.15) is 36.2 Å². The minimum absolute atomic E-state index is 0.185. The van der Waals surface area contributed by atoms with Gasteiger partial charge < -0.3 is 14.8 Å². The predicted molar refractivity (Wildman–Crippen MR) is 110 cm³/mol. The number of carbonyl (C=O) groups excluding carboxylic acids is 1. The summed E-state index contributed by atoms with van der Waals surface area (Å²) < 4.78 is 13.0. The normalized spacial score (nSPS) is 10.8. The summed E-state index contributed by atoms with van der Waals surface area (Å²) in [6.07, 6.45) is 7.91. The number of ether oxygens (including phenoxy) is 2. The summed E-state index contributed by atoms with van der Waals surface area (Å²) >= 11 is 0. The van der Waals surface area contributed by atoms with Crippen molar-refractivity contribution in [3.05, 3.63) is 66.4 Å². The summed E-state index contributed by atoms with van der Waals surface area (Å²) in [4.78, 5) is 20.9. The number of pyridine rings is 1. The molecule has 3 rings (SSSR count). The van der Waals surface area contributed by atoms with Gasteiger partial charge in [-0.3, -0.25) is 9.36 Å². The van der Waals surface area contributed by atoms with Crippen molar-refractivity contribution in [2.75, 3.05) is 13.7 Å². The summed E-state index contributed by atoms with van der Waals surface area (Å²) in [6.45, 7) is 5.29. The third-order valence-electron chi connectivity index (χ3n) is 4.41. The standard InChI is InChI=1S/C22H26N4O3/c1-16(2)8-11-29-19-6-5-18(12-20(19)28-3)22(27)25-14-17-4-7-21(24-13-17)26-10-9-23-15-26/h4-7,9-10,12-13,15-16H,8,11,14H2,1-3H3,(H,25,27). The first-order valence-electron chi connectivity index (χ1n) is 9.59. The number of nitrogens with zero attached hydrogens (tertiary/aromatic N) is 3. The summed E-state index contributed by atoms with van der Waals surface area (Å²) in [6, 6.07) is 9.02. The molecule has 3 aromatic rings. The van der Waals surface area contributed by atoms with Crippen LogP contribution in [0.15, 0.2) is 55.2 Å². The molecule has 0 spiro atoms. The van der Waals surface area contributed by atoms with E-state index in [0.29, 0.717) is 36.1 Å². The van der Waals surface area contributed by atoms with Crippen molar-refractivity contribution in [1.82, 2.24) is 19.9 Å². The third kappa shape index (κ3) is 5.57. The average molecular weight is 394 g/mol. The minimum Gasteiger partial charge on any atom is -0.493 e. The Morgan fingerprint density at radius 3 is 2.72 bits per heavy atom. The zero-order valence-electron chi connectivity index (χ0n) is 17.0. The number of carbonyl (C=O) groups is 1. The van der Waals surface area contributed by atoms with Gasteiger partial charge >= 0.3 is 0 Å². The molecule has 0 fully saturated rings. The van der Waals surface area contributed by atoms with E-state index in [9.17, 15) is 4.79 Å². The Morgan fingerprint density at radius 1 is 1.21 bits per heavy atom. The predicted octanol–water partition coefficient (Wildman–Crippen LogP) is 3.63. The number of aromatic nitrogens is 3. The number of rotatable bonds is 9. The number of methoxy groups -OCH3 is 1. The van der Waals surface area contributed by atoms with Gasteiger partial charge in [-0.15, -0.1) is 0 Å². The van der Waals surface area contributed by atoms with Crippen LogP contribution in [-0.2, 0) is 6.54 Å². The Labute approximate surface area is 170 Å². The molecule has 0 atom stereocenters. The van der Waals surface area contributed by atoms with E-state index in [0.717, 1.165) is 17.8 Å². The molecule has 0 saturated carbocycles. The van der Waals surface area contributed by atoms with Crippen LogP contribution in [0.3, 0.4) is 0 Å². The first-order valence-corrected chi connectivity index (χ1v) is 9.59. The van der Waals surface area contributed by atoms with Gasteiger partial charge in [0, 0.05) is 30.7 Å². The zero-order chi connectivity index (χ0) is 20.6. The second kappa shape index (κ2) is 9.73. The number of benzene rings is 1. The van der Waals surface area contributed by atoms with Crippen LogP contribution < -0.4 is 14.8 Å². The second-order valence-corrected chi connectivity index (χ2v) is 7.07. The summed E-state index contributed by atoms with van der Waals surface area (Å²) in [5.74, 6) is 2.34. The smallest absolute Gasteiger partial charge is 0.251 e. The zero-order valence-corrected chi connectivity index (χ0v) is 17.0. The van der Waals surface area contributed by atoms with Gasteiger partial charge in [0.15, 0.2) is 11.5 Å². The Morgan fingerprint density at radius 2 is 2.07 bits per heavy atom. The van der Waals surface area contributed by atoms with E-state index < -0.39 is 0 Å². The molecule has 7 nitrogen and oxygen atoms in total. The van der Waals surface area contributed by atoms with Crippen LogP contribution in [0.5, 0.6) is 11.5 Å². The maximum absolute atomic E-state index is 12.5. The SMILES string of the molecule is COc1cc(C(=O)NCc2ccc(-n3ccnc3)nc2)ccc1OCCC(C)C. The van der Waals surface area contributed by atoms with Gasteiger partial charge in [-0.25, -0.2) is 9.97 Å². The van der Waals surface area contributed by atoms with E-state index in [1.807, 2.05) is 22.9 Å². The van der Waals surface area contributed by atoms with Crippen LogP contribution >= 0.6 is 0 Å². The monoisotopic (exact) mass is 394 g/mol. The van der Waals surface area contributed by atoms with Crippen LogP contribution in [0.25, 0.3) is 5.82 Å². The molecule has 1 amide bonds. The summed E-state index contributed by atoms with van der Waals surface area (Å²) in [5, 5.41) is 2.90. The lowest BCUT2D eigenvalue weighted by atomic mass is 10.1. The van der Waals surface area contributed by atoms with Crippen LogP contribution in [0.4, 0.5) is 0 Å². The number of hydrogen-bond acceptors (Lipinski definition) is 5. The van der Waals surface area contributed by atoms with E-state index in [-0.39, 0.29) is 5.91 Å². The van der Waals surface area contributed by atoms with Gasteiger partial charge in [-0.05, 0) is 42.2 Å². The van der Waals surface area contributed by atoms with Gasteiger partial charge in [0.05, 0.1) is 13.7 Å². The highest BCUT2D eigenvalue weighted by atomic mass is 16.5. The molecule has 152 valence electrons. The van der Waals surface area contributed by atoms with E-state index in [4.69, 9.17) is 9.47 Å². The van der Waals surface area contributed by atoms with Crippen molar-refractivity contribution in [2.24, 2.45) is 5.92 Å². The van der Waals surface area contributed by atoms with Crippen LogP contribution in [-0.4, -0.2) is 34.2 Å². The molecular weight excluding hydrogens is 368 g/mol. The number of nitrogens with one attached hydrogen (secondary N) is 1. The van der Waals surface area contributed by atoms with Crippen molar-refractivity contribution in [2.45, 2.75) is 26.8 Å². The quantitative estimate of drug-likeness (QED) is 0.600. The fourth-order valence-electron chi connectivity index (χ4n) is 2.69. The molecule has 7 heteroatoms. The molecule has 0 aliphatic carbocycles. The van der Waals surface area contributed by atoms with E-state index >= 15 is 0 Å². The Hall–Kier alpha value is -3.35. The van der Waals surface area contributed by atoms with E-state index in [2.05, 4.69) is 29.1 Å². The average Bonchev–Trinajstić information content (AvgIpc) is 3.27. The maximum Gasteiger partial charge on any atom is 0.251 e. The van der Waals surface area contributed by atoms with Gasteiger partial charge in [0.25, 0.3) is 5.91 Å². The molecule has 1 N–H and O–H groups in total. The molecule has 1 aromatic carbocycles. The highest BCUT2D eigenvalue weighted by Crippen LogP contribution is 2.28. The molecule has 0 radical (unpaired) electrons. The molecule has 0 bridgehead atoms. The molecule has 29 heavy (non-hydrogen) atoms. The van der Waals surface area contributed by atoms with Crippen LogP contribution in [0.2, 0.25) is 0 Å². The molecule has 0 aliphatic heterocycles. The fraction of sp³-hybridized carbons (Fsp3) is 0.318. The van der Waals surface area contributed by atoms with Crippen molar-refractivity contribution < 1.29 is 14.3 Å². The Kier molecular flexibility index (Phi) is 6.84. The summed E-state index contributed by atoms with van der Waals surface area (Å²) in [7, 11) is 1.57.